The Bertz CT molecular complexity index is 225. The highest BCUT2D eigenvalue weighted by atomic mass is 15.2. The Morgan fingerprint density at radius 3 is 2.35 bits per heavy atom. The maximum atomic E-state index is 6.20. The van der Waals surface area contributed by atoms with Crippen molar-refractivity contribution < 1.29 is 0 Å². The van der Waals surface area contributed by atoms with E-state index in [9.17, 15) is 0 Å². The summed E-state index contributed by atoms with van der Waals surface area (Å²) < 4.78 is 0. The van der Waals surface area contributed by atoms with Crippen molar-refractivity contribution >= 4 is 0 Å². The van der Waals surface area contributed by atoms with Crippen molar-refractivity contribution in [3.63, 3.8) is 0 Å². The molecule has 2 nitrogen and oxygen atoms in total. The Morgan fingerprint density at radius 1 is 1.29 bits per heavy atom. The molecule has 17 heavy (non-hydrogen) atoms. The van der Waals surface area contributed by atoms with Crippen molar-refractivity contribution in [3.05, 3.63) is 0 Å². The SMILES string of the molecule is CCC(CC)N(C)C1(CN)CCCC(C)C1C. The fraction of sp³-hybridized carbons (Fsp3) is 1.00. The summed E-state index contributed by atoms with van der Waals surface area (Å²) in [4.78, 5) is 2.62. The van der Waals surface area contributed by atoms with Gasteiger partial charge in [-0.15, -0.1) is 0 Å². The highest BCUT2D eigenvalue weighted by molar-refractivity contribution is 5.00. The molecule has 1 aliphatic rings. The molecule has 0 heterocycles. The minimum absolute atomic E-state index is 0.244. The van der Waals surface area contributed by atoms with E-state index in [-0.39, 0.29) is 5.54 Å². The maximum Gasteiger partial charge on any atom is 0.0359 e. The summed E-state index contributed by atoms with van der Waals surface area (Å²) in [7, 11) is 2.30. The summed E-state index contributed by atoms with van der Waals surface area (Å²) in [6, 6.07) is 0.686. The number of likely N-dealkylation sites (N-methyl/N-ethyl adjacent to an activating group) is 1. The van der Waals surface area contributed by atoms with Crippen LogP contribution in [0.25, 0.3) is 0 Å². The van der Waals surface area contributed by atoms with Crippen molar-refractivity contribution in [2.45, 2.75) is 71.4 Å². The molecule has 1 aliphatic carbocycles. The first-order chi connectivity index (χ1) is 8.03. The Balaban J connectivity index is 2.92. The third-order valence-corrected chi connectivity index (χ3v) is 5.52. The highest BCUT2D eigenvalue weighted by Gasteiger charge is 2.44. The average Bonchev–Trinajstić information content (AvgIpc) is 2.34. The number of hydrogen-bond acceptors (Lipinski definition) is 2. The van der Waals surface area contributed by atoms with E-state index in [0.29, 0.717) is 12.0 Å². The van der Waals surface area contributed by atoms with Gasteiger partial charge in [0.2, 0.25) is 0 Å². The van der Waals surface area contributed by atoms with Crippen LogP contribution in [0.5, 0.6) is 0 Å². The van der Waals surface area contributed by atoms with Crippen LogP contribution in [0.4, 0.5) is 0 Å². The first-order valence-electron chi connectivity index (χ1n) is 7.46. The molecule has 3 unspecified atom stereocenters. The molecular formula is C15H32N2. The van der Waals surface area contributed by atoms with Crippen LogP contribution in [0.15, 0.2) is 0 Å². The highest BCUT2D eigenvalue weighted by Crippen LogP contribution is 2.41. The van der Waals surface area contributed by atoms with E-state index in [4.69, 9.17) is 5.73 Å². The molecule has 0 aliphatic heterocycles. The third-order valence-electron chi connectivity index (χ3n) is 5.52. The lowest BCUT2D eigenvalue weighted by Crippen LogP contribution is -2.62. The fourth-order valence-electron chi connectivity index (χ4n) is 3.87. The summed E-state index contributed by atoms with van der Waals surface area (Å²) >= 11 is 0. The minimum atomic E-state index is 0.244. The van der Waals surface area contributed by atoms with Crippen LogP contribution in [0.1, 0.15) is 59.8 Å². The van der Waals surface area contributed by atoms with Crippen LogP contribution in [0, 0.1) is 11.8 Å². The van der Waals surface area contributed by atoms with E-state index < -0.39 is 0 Å². The minimum Gasteiger partial charge on any atom is -0.329 e. The standard InChI is InChI=1S/C15H32N2/c1-6-14(7-2)17(5)15(11-16)10-8-9-12(3)13(15)4/h12-14H,6-11,16H2,1-5H3. The summed E-state index contributed by atoms with van der Waals surface area (Å²) in [5.41, 5.74) is 6.44. The fourth-order valence-corrected chi connectivity index (χ4v) is 3.87. The molecule has 0 bridgehead atoms. The van der Waals surface area contributed by atoms with Crippen LogP contribution < -0.4 is 5.73 Å². The predicted molar refractivity (Wildman–Crippen MR) is 76.1 cm³/mol. The smallest absolute Gasteiger partial charge is 0.0359 e. The summed E-state index contributed by atoms with van der Waals surface area (Å²) in [5, 5.41) is 0. The zero-order valence-corrected chi connectivity index (χ0v) is 12.5. The van der Waals surface area contributed by atoms with E-state index in [1.165, 1.54) is 32.1 Å². The van der Waals surface area contributed by atoms with Gasteiger partial charge in [-0.3, -0.25) is 4.90 Å². The van der Waals surface area contributed by atoms with Crippen LogP contribution >= 0.6 is 0 Å². The Hall–Kier alpha value is -0.0800. The second kappa shape index (κ2) is 6.19. The molecule has 0 aromatic carbocycles. The molecule has 0 spiro atoms. The molecule has 3 atom stereocenters. The van der Waals surface area contributed by atoms with Gasteiger partial charge in [0.25, 0.3) is 0 Å². The van der Waals surface area contributed by atoms with Gasteiger partial charge >= 0.3 is 0 Å². The molecule has 0 radical (unpaired) electrons. The molecule has 1 rings (SSSR count). The predicted octanol–water partition coefficient (Wildman–Crippen LogP) is 3.26. The van der Waals surface area contributed by atoms with Crippen molar-refractivity contribution in [3.8, 4) is 0 Å². The van der Waals surface area contributed by atoms with E-state index in [1.807, 2.05) is 0 Å². The van der Waals surface area contributed by atoms with Crippen LogP contribution in [-0.4, -0.2) is 30.1 Å². The number of rotatable bonds is 5. The first-order valence-corrected chi connectivity index (χ1v) is 7.46. The summed E-state index contributed by atoms with van der Waals surface area (Å²) in [6.45, 7) is 10.2. The zero-order chi connectivity index (χ0) is 13.1. The molecule has 102 valence electrons. The van der Waals surface area contributed by atoms with Crippen LogP contribution in [0.3, 0.4) is 0 Å². The zero-order valence-electron chi connectivity index (χ0n) is 12.5. The average molecular weight is 240 g/mol. The number of nitrogens with zero attached hydrogens (tertiary/aromatic N) is 1. The molecule has 0 saturated heterocycles. The van der Waals surface area contributed by atoms with Gasteiger partial charge in [-0.1, -0.05) is 40.5 Å². The van der Waals surface area contributed by atoms with Crippen LogP contribution in [-0.2, 0) is 0 Å². The van der Waals surface area contributed by atoms with Crippen molar-refractivity contribution in [1.82, 2.24) is 4.90 Å². The maximum absolute atomic E-state index is 6.20. The van der Waals surface area contributed by atoms with Gasteiger partial charge in [0.15, 0.2) is 0 Å². The molecule has 1 saturated carbocycles. The topological polar surface area (TPSA) is 29.3 Å². The van der Waals surface area contributed by atoms with Gasteiger partial charge < -0.3 is 5.73 Å². The second-order valence-electron chi connectivity index (χ2n) is 6.05. The molecule has 0 aromatic heterocycles. The second-order valence-corrected chi connectivity index (χ2v) is 6.05. The van der Waals surface area contributed by atoms with Gasteiger partial charge in [-0.05, 0) is 38.1 Å². The number of hydrogen-bond donors (Lipinski definition) is 1. The van der Waals surface area contributed by atoms with Gasteiger partial charge in [-0.25, -0.2) is 0 Å². The van der Waals surface area contributed by atoms with E-state index in [2.05, 4.69) is 39.6 Å². The molecule has 1 fully saturated rings. The van der Waals surface area contributed by atoms with Gasteiger partial charge in [0.05, 0.1) is 0 Å². The van der Waals surface area contributed by atoms with Crippen LogP contribution in [0.2, 0.25) is 0 Å². The first kappa shape index (κ1) is 15.0. The molecule has 2 N–H and O–H groups in total. The normalized spacial score (nSPS) is 34.6. The summed E-state index contributed by atoms with van der Waals surface area (Å²) in [6.07, 6.45) is 6.46. The monoisotopic (exact) mass is 240 g/mol. The van der Waals surface area contributed by atoms with Gasteiger partial charge in [-0.2, -0.15) is 0 Å². The number of nitrogens with two attached hydrogens (primary N) is 1. The largest absolute Gasteiger partial charge is 0.329 e. The van der Waals surface area contributed by atoms with Crippen molar-refractivity contribution in [2.24, 2.45) is 17.6 Å². The van der Waals surface area contributed by atoms with E-state index in [1.54, 1.807) is 0 Å². The molecular weight excluding hydrogens is 208 g/mol. The van der Waals surface area contributed by atoms with Crippen molar-refractivity contribution in [2.75, 3.05) is 13.6 Å². The van der Waals surface area contributed by atoms with E-state index in [0.717, 1.165) is 12.5 Å². The molecule has 0 amide bonds. The van der Waals surface area contributed by atoms with Gasteiger partial charge in [0, 0.05) is 18.1 Å². The Morgan fingerprint density at radius 2 is 1.88 bits per heavy atom. The Labute approximate surface area is 108 Å². The quantitative estimate of drug-likeness (QED) is 0.799. The van der Waals surface area contributed by atoms with E-state index >= 15 is 0 Å². The van der Waals surface area contributed by atoms with Gasteiger partial charge in [0.1, 0.15) is 0 Å². The summed E-state index contributed by atoms with van der Waals surface area (Å²) in [5.74, 6) is 1.52. The Kier molecular flexibility index (Phi) is 5.46. The lowest BCUT2D eigenvalue weighted by Gasteiger charge is -2.53. The van der Waals surface area contributed by atoms with Crippen molar-refractivity contribution in [1.29, 1.82) is 0 Å². The molecule has 0 aromatic rings. The lowest BCUT2D eigenvalue weighted by atomic mass is 9.67. The lowest BCUT2D eigenvalue weighted by molar-refractivity contribution is -0.0219. The third kappa shape index (κ3) is 2.68. The molecule has 2 heteroatoms.